The van der Waals surface area contributed by atoms with E-state index in [1.807, 2.05) is 42.6 Å². The maximum absolute atomic E-state index is 13.0. The third kappa shape index (κ3) is 4.77. The first-order valence-electron chi connectivity index (χ1n) is 12.1. The molecule has 0 radical (unpaired) electrons. The normalized spacial score (nSPS) is 13.7. The molecule has 0 amide bonds. The summed E-state index contributed by atoms with van der Waals surface area (Å²) in [4.78, 5) is 21.8. The first-order valence-corrected chi connectivity index (χ1v) is 12.9. The van der Waals surface area contributed by atoms with Crippen molar-refractivity contribution in [1.29, 1.82) is 10.5 Å². The van der Waals surface area contributed by atoms with Crippen LogP contribution in [-0.2, 0) is 13.7 Å². The van der Waals surface area contributed by atoms with Crippen LogP contribution in [0.1, 0.15) is 28.4 Å². The van der Waals surface area contributed by atoms with E-state index in [-0.39, 0.29) is 41.0 Å². The van der Waals surface area contributed by atoms with Crippen LogP contribution in [0.5, 0.6) is 11.5 Å². The number of fused-ring (bicyclic) bond motifs is 1. The Morgan fingerprint density at radius 1 is 1.17 bits per heavy atom. The van der Waals surface area contributed by atoms with Crippen LogP contribution in [0.2, 0.25) is 0 Å². The molecule has 0 fully saturated rings. The molecular formula is C27H23BrN10O3. The maximum Gasteiger partial charge on any atom is 0.286 e. The van der Waals surface area contributed by atoms with Crippen LogP contribution in [-0.4, -0.2) is 27.4 Å². The number of rotatable bonds is 6. The zero-order chi connectivity index (χ0) is 29.3. The molecule has 1 aliphatic rings. The molecule has 2 aromatic heterocycles. The van der Waals surface area contributed by atoms with Crippen LogP contribution in [0, 0.1) is 22.8 Å². The van der Waals surface area contributed by atoms with Gasteiger partial charge in [-0.15, -0.1) is 0 Å². The molecule has 1 aliphatic heterocycles. The smallest absolute Gasteiger partial charge is 0.286 e. The molecule has 1 unspecified atom stereocenters. The molecule has 3 heterocycles. The Morgan fingerprint density at radius 2 is 1.93 bits per heavy atom. The minimum Gasteiger partial charge on any atom is -0.493 e. The van der Waals surface area contributed by atoms with E-state index in [2.05, 4.69) is 36.5 Å². The SMILES string of the molecule is COc1cc(C2N=C(NC#N)Nc3nc(N)c(C#N)c(N)c32)ccc1OCc1c(Br)c(=O)n(-c2ccccc2)n1C. The second-order valence-electron chi connectivity index (χ2n) is 8.84. The van der Waals surface area contributed by atoms with Crippen molar-refractivity contribution >= 4 is 39.2 Å². The number of hydrogen-bond acceptors (Lipinski definition) is 11. The molecule has 2 aromatic carbocycles. The summed E-state index contributed by atoms with van der Waals surface area (Å²) in [6.07, 6.45) is 1.82. The van der Waals surface area contributed by atoms with Gasteiger partial charge < -0.3 is 26.3 Å². The predicted octanol–water partition coefficient (Wildman–Crippen LogP) is 2.90. The van der Waals surface area contributed by atoms with Crippen molar-refractivity contribution in [3.8, 4) is 29.4 Å². The number of methoxy groups -OCH3 is 1. The molecule has 0 spiro atoms. The van der Waals surface area contributed by atoms with Crippen molar-refractivity contribution in [2.75, 3.05) is 23.9 Å². The van der Waals surface area contributed by atoms with E-state index in [9.17, 15) is 10.1 Å². The second kappa shape index (κ2) is 11.0. The van der Waals surface area contributed by atoms with Gasteiger partial charge in [-0.1, -0.05) is 24.3 Å². The average Bonchev–Trinajstić information content (AvgIpc) is 3.18. The fourth-order valence-corrected chi connectivity index (χ4v) is 5.11. The van der Waals surface area contributed by atoms with Crippen LogP contribution in [0.15, 0.2) is 62.8 Å². The molecule has 0 saturated heterocycles. The molecule has 0 bridgehead atoms. The van der Waals surface area contributed by atoms with Gasteiger partial charge in [0.25, 0.3) is 5.56 Å². The standard InChI is InChI=1S/C27H23BrN10O3/c1-37-17(21(28)26(39)38(37)15-6-4-3-5-7-15)12-41-18-9-8-14(10-19(18)40-2)23-20-22(31)16(11-29)24(32)35-25(20)36-27(34-23)33-13-30/h3-10,23H,12H2,1-2H3,(H6,31,32,33,34,35,36). The number of aromatic nitrogens is 3. The molecular weight excluding hydrogens is 592 g/mol. The third-order valence-corrected chi connectivity index (χ3v) is 7.35. The number of nitrogens with zero attached hydrogens (tertiary/aromatic N) is 6. The van der Waals surface area contributed by atoms with E-state index in [4.69, 9.17) is 26.2 Å². The summed E-state index contributed by atoms with van der Waals surface area (Å²) >= 11 is 3.41. The highest BCUT2D eigenvalue weighted by atomic mass is 79.9. The van der Waals surface area contributed by atoms with Gasteiger partial charge in [-0.05, 0) is 45.8 Å². The molecule has 206 valence electrons. The van der Waals surface area contributed by atoms with Crippen LogP contribution in [0.3, 0.4) is 0 Å². The number of ether oxygens (including phenoxy) is 2. The van der Waals surface area contributed by atoms with Crippen LogP contribution >= 0.6 is 15.9 Å². The summed E-state index contributed by atoms with van der Waals surface area (Å²) in [5.74, 6) is 1.16. The number of guanidine groups is 1. The first kappa shape index (κ1) is 27.1. The van der Waals surface area contributed by atoms with E-state index >= 15 is 0 Å². The van der Waals surface area contributed by atoms with Gasteiger partial charge in [0.15, 0.2) is 17.7 Å². The Hall–Kier alpha value is -5.47. The number of aliphatic imine (C=N–C) groups is 1. The molecule has 6 N–H and O–H groups in total. The van der Waals surface area contributed by atoms with Crippen molar-refractivity contribution in [3.63, 3.8) is 0 Å². The number of para-hydroxylation sites is 1. The average molecular weight is 615 g/mol. The van der Waals surface area contributed by atoms with Gasteiger partial charge in [0.05, 0.1) is 24.2 Å². The Kier molecular flexibility index (Phi) is 7.24. The van der Waals surface area contributed by atoms with E-state index < -0.39 is 6.04 Å². The zero-order valence-corrected chi connectivity index (χ0v) is 23.4. The quantitative estimate of drug-likeness (QED) is 0.185. The van der Waals surface area contributed by atoms with E-state index in [0.717, 1.165) is 5.69 Å². The van der Waals surface area contributed by atoms with E-state index in [1.165, 1.54) is 7.11 Å². The molecule has 5 rings (SSSR count). The number of nitrogens with one attached hydrogen (secondary N) is 2. The van der Waals surface area contributed by atoms with E-state index in [1.54, 1.807) is 34.6 Å². The van der Waals surface area contributed by atoms with Crippen molar-refractivity contribution in [2.45, 2.75) is 12.6 Å². The lowest BCUT2D eigenvalue weighted by atomic mass is 9.95. The van der Waals surface area contributed by atoms with Gasteiger partial charge in [-0.25, -0.2) is 14.7 Å². The number of nitriles is 2. The number of halogens is 1. The van der Waals surface area contributed by atoms with Gasteiger partial charge in [0, 0.05) is 12.6 Å². The van der Waals surface area contributed by atoms with Crippen molar-refractivity contribution in [1.82, 2.24) is 19.7 Å². The third-order valence-electron chi connectivity index (χ3n) is 6.55. The van der Waals surface area contributed by atoms with Crippen LogP contribution < -0.4 is 37.1 Å². The fraction of sp³-hybridized carbons (Fsp3) is 0.148. The Bertz CT molecular complexity index is 1830. The Balaban J connectivity index is 1.50. The van der Waals surface area contributed by atoms with Crippen molar-refractivity contribution in [3.05, 3.63) is 85.7 Å². The summed E-state index contributed by atoms with van der Waals surface area (Å²) in [7, 11) is 3.27. The van der Waals surface area contributed by atoms with Gasteiger partial charge in [0.1, 0.15) is 40.4 Å². The molecule has 0 saturated carbocycles. The number of benzene rings is 2. The highest BCUT2D eigenvalue weighted by Crippen LogP contribution is 2.42. The lowest BCUT2D eigenvalue weighted by Gasteiger charge is -2.26. The largest absolute Gasteiger partial charge is 0.493 e. The van der Waals surface area contributed by atoms with E-state index in [0.29, 0.717) is 32.8 Å². The zero-order valence-electron chi connectivity index (χ0n) is 21.8. The van der Waals surface area contributed by atoms with Crippen LogP contribution in [0.4, 0.5) is 17.3 Å². The maximum atomic E-state index is 13.0. The summed E-state index contributed by atoms with van der Waals surface area (Å²) in [6, 6.07) is 15.7. The summed E-state index contributed by atoms with van der Waals surface area (Å²) < 4.78 is 15.4. The lowest BCUT2D eigenvalue weighted by molar-refractivity contribution is 0.273. The molecule has 1 atom stereocenters. The molecule has 13 nitrogen and oxygen atoms in total. The number of anilines is 3. The minimum absolute atomic E-state index is 0.0352. The number of pyridine rings is 1. The van der Waals surface area contributed by atoms with Crippen LogP contribution in [0.25, 0.3) is 5.69 Å². The molecule has 0 aliphatic carbocycles. The fourth-order valence-electron chi connectivity index (χ4n) is 4.57. The summed E-state index contributed by atoms with van der Waals surface area (Å²) in [6.45, 7) is 0.0636. The molecule has 4 aromatic rings. The molecule has 14 heteroatoms. The summed E-state index contributed by atoms with van der Waals surface area (Å²) in [5, 5.41) is 24.1. The van der Waals surface area contributed by atoms with Crippen molar-refractivity contribution < 1.29 is 9.47 Å². The number of nitrogens with two attached hydrogens (primary N) is 2. The van der Waals surface area contributed by atoms with Gasteiger partial charge in [0.2, 0.25) is 5.96 Å². The predicted molar refractivity (Wildman–Crippen MR) is 155 cm³/mol. The first-order chi connectivity index (χ1) is 19.8. The number of hydrogen-bond donors (Lipinski definition) is 4. The number of nitrogen functional groups attached to an aromatic ring is 2. The topological polar surface area (TPSA) is 194 Å². The van der Waals surface area contributed by atoms with Gasteiger partial charge >= 0.3 is 0 Å². The van der Waals surface area contributed by atoms with Gasteiger partial charge in [-0.3, -0.25) is 14.8 Å². The highest BCUT2D eigenvalue weighted by molar-refractivity contribution is 9.10. The second-order valence-corrected chi connectivity index (χ2v) is 9.63. The Morgan fingerprint density at radius 3 is 2.61 bits per heavy atom. The highest BCUT2D eigenvalue weighted by Gasteiger charge is 2.30. The Labute approximate surface area is 242 Å². The minimum atomic E-state index is -0.750. The lowest BCUT2D eigenvalue weighted by Crippen LogP contribution is -2.32. The summed E-state index contributed by atoms with van der Waals surface area (Å²) in [5.41, 5.74) is 14.6. The monoisotopic (exact) mass is 614 g/mol. The molecule has 41 heavy (non-hydrogen) atoms. The van der Waals surface area contributed by atoms with Gasteiger partial charge in [-0.2, -0.15) is 10.5 Å². The van der Waals surface area contributed by atoms with Crippen molar-refractivity contribution in [2.24, 2.45) is 12.0 Å².